The van der Waals surface area contributed by atoms with Crippen molar-refractivity contribution in [3.8, 4) is 22.8 Å². The van der Waals surface area contributed by atoms with E-state index in [9.17, 15) is 9.90 Å². The Kier molecular flexibility index (Phi) is 7.55. The van der Waals surface area contributed by atoms with Crippen LogP contribution in [0.4, 0.5) is 0 Å². The Balaban J connectivity index is 1.41. The quantitative estimate of drug-likeness (QED) is 0.289. The number of hydrogen-bond donors (Lipinski definition) is 1. The average Bonchev–Trinajstić information content (AvgIpc) is 3.28. The number of phenolic OH excluding ortho intramolecular Hbond substituents is 1. The van der Waals surface area contributed by atoms with Crippen molar-refractivity contribution < 1.29 is 19.1 Å². The number of furan rings is 1. The molecule has 5 rings (SSSR count). The predicted octanol–water partition coefficient (Wildman–Crippen LogP) is 5.98. The second-order valence-electron chi connectivity index (χ2n) is 9.42. The summed E-state index contributed by atoms with van der Waals surface area (Å²) in [6.45, 7) is 6.15. The zero-order valence-electron chi connectivity index (χ0n) is 21.4. The van der Waals surface area contributed by atoms with Gasteiger partial charge in [-0.25, -0.2) is 0 Å². The number of ketones is 1. The highest BCUT2D eigenvalue weighted by atomic mass is 32.2. The van der Waals surface area contributed by atoms with Gasteiger partial charge in [0.1, 0.15) is 11.3 Å². The molecule has 0 bridgehead atoms. The van der Waals surface area contributed by atoms with E-state index in [4.69, 9.17) is 9.15 Å². The van der Waals surface area contributed by atoms with E-state index in [2.05, 4.69) is 40.1 Å². The van der Waals surface area contributed by atoms with E-state index in [1.54, 1.807) is 30.8 Å². The SMILES string of the molecule is COc1cc(-c2oc3ccc(C(C(C)=O)N4CCN(Cc5ccccc5)CC4)cc3c2SC)ccc1O. The summed E-state index contributed by atoms with van der Waals surface area (Å²) in [7, 11) is 1.53. The smallest absolute Gasteiger partial charge is 0.161 e. The van der Waals surface area contributed by atoms with Gasteiger partial charge in [-0.05, 0) is 54.6 Å². The predicted molar refractivity (Wildman–Crippen MR) is 148 cm³/mol. The molecule has 1 aliphatic rings. The Labute approximate surface area is 221 Å². The molecular formula is C30H32N2O4S. The fourth-order valence-corrected chi connectivity index (χ4v) is 5.92. The summed E-state index contributed by atoms with van der Waals surface area (Å²) in [4.78, 5) is 18.7. The van der Waals surface area contributed by atoms with Crippen molar-refractivity contribution in [2.45, 2.75) is 24.4 Å². The van der Waals surface area contributed by atoms with Gasteiger partial charge >= 0.3 is 0 Å². The number of carbonyl (C=O) groups excluding carboxylic acids is 1. The molecule has 0 saturated carbocycles. The third-order valence-electron chi connectivity index (χ3n) is 7.03. The molecule has 1 N–H and O–H groups in total. The van der Waals surface area contributed by atoms with Crippen LogP contribution in [0.5, 0.6) is 11.5 Å². The molecule has 192 valence electrons. The Morgan fingerprint density at radius 2 is 1.81 bits per heavy atom. The Bertz CT molecular complexity index is 1390. The van der Waals surface area contributed by atoms with Crippen LogP contribution < -0.4 is 4.74 Å². The average molecular weight is 517 g/mol. The van der Waals surface area contributed by atoms with Crippen LogP contribution in [-0.2, 0) is 11.3 Å². The lowest BCUT2D eigenvalue weighted by atomic mass is 9.99. The number of carbonyl (C=O) groups is 1. The Hall–Kier alpha value is -3.26. The number of phenols is 1. The number of benzene rings is 3. The van der Waals surface area contributed by atoms with Gasteiger partial charge in [0.2, 0.25) is 0 Å². The van der Waals surface area contributed by atoms with Crippen LogP contribution in [0.3, 0.4) is 0 Å². The highest BCUT2D eigenvalue weighted by Gasteiger charge is 2.29. The van der Waals surface area contributed by atoms with Gasteiger partial charge in [0.05, 0.1) is 18.0 Å². The summed E-state index contributed by atoms with van der Waals surface area (Å²) in [6, 6.07) is 21.5. The lowest BCUT2D eigenvalue weighted by molar-refractivity contribution is -0.123. The van der Waals surface area contributed by atoms with Crippen LogP contribution in [0.2, 0.25) is 0 Å². The molecule has 1 atom stereocenters. The van der Waals surface area contributed by atoms with Gasteiger partial charge in [-0.2, -0.15) is 0 Å². The maximum Gasteiger partial charge on any atom is 0.161 e. The molecular weight excluding hydrogens is 484 g/mol. The van der Waals surface area contributed by atoms with Gasteiger partial charge in [0.15, 0.2) is 17.3 Å². The normalized spacial score (nSPS) is 15.6. The van der Waals surface area contributed by atoms with Crippen LogP contribution in [0, 0.1) is 0 Å². The standard InChI is InChI=1S/C30H32N2O4S/c1-20(33)28(32-15-13-31(14-16-32)19-21-7-5-4-6-8-21)22-10-12-26-24(17-22)30(37-3)29(36-26)23-9-11-25(34)27(18-23)35-2/h4-12,17-18,28,34H,13-16,19H2,1-3H3. The largest absolute Gasteiger partial charge is 0.504 e. The lowest BCUT2D eigenvalue weighted by Gasteiger charge is -2.38. The number of methoxy groups -OCH3 is 1. The second kappa shape index (κ2) is 11.0. The highest BCUT2D eigenvalue weighted by Crippen LogP contribution is 2.42. The van der Waals surface area contributed by atoms with E-state index in [0.717, 1.165) is 65.5 Å². The Morgan fingerprint density at radius 3 is 2.49 bits per heavy atom. The first-order valence-corrected chi connectivity index (χ1v) is 13.7. The molecule has 3 aromatic carbocycles. The summed E-state index contributed by atoms with van der Waals surface area (Å²) >= 11 is 1.61. The number of aromatic hydroxyl groups is 1. The molecule has 1 unspecified atom stereocenters. The van der Waals surface area contributed by atoms with Gasteiger partial charge in [-0.15, -0.1) is 11.8 Å². The maximum atomic E-state index is 12.9. The van der Waals surface area contributed by atoms with Crippen molar-refractivity contribution in [2.75, 3.05) is 39.5 Å². The molecule has 1 saturated heterocycles. The zero-order chi connectivity index (χ0) is 25.9. The molecule has 1 aliphatic heterocycles. The molecule has 6 nitrogen and oxygen atoms in total. The molecule has 7 heteroatoms. The van der Waals surface area contributed by atoms with Crippen LogP contribution >= 0.6 is 11.8 Å². The van der Waals surface area contributed by atoms with Crippen molar-refractivity contribution in [1.29, 1.82) is 0 Å². The molecule has 0 amide bonds. The van der Waals surface area contributed by atoms with Crippen molar-refractivity contribution in [2.24, 2.45) is 0 Å². The number of hydrogen-bond acceptors (Lipinski definition) is 7. The van der Waals surface area contributed by atoms with Crippen LogP contribution in [0.15, 0.2) is 76.0 Å². The minimum absolute atomic E-state index is 0.0866. The molecule has 2 heterocycles. The first-order valence-electron chi connectivity index (χ1n) is 12.5. The zero-order valence-corrected chi connectivity index (χ0v) is 22.3. The minimum Gasteiger partial charge on any atom is -0.504 e. The van der Waals surface area contributed by atoms with Gasteiger partial charge in [-0.3, -0.25) is 14.6 Å². The van der Waals surface area contributed by atoms with Crippen molar-refractivity contribution in [3.63, 3.8) is 0 Å². The lowest BCUT2D eigenvalue weighted by Crippen LogP contribution is -2.48. The highest BCUT2D eigenvalue weighted by molar-refractivity contribution is 7.99. The van der Waals surface area contributed by atoms with Gasteiger partial charge in [-0.1, -0.05) is 36.4 Å². The number of thioether (sulfide) groups is 1. The molecule has 1 fully saturated rings. The molecule has 0 aliphatic carbocycles. The molecule has 0 radical (unpaired) electrons. The first-order chi connectivity index (χ1) is 18.0. The third kappa shape index (κ3) is 5.25. The third-order valence-corrected chi connectivity index (χ3v) is 7.85. The molecule has 4 aromatic rings. The summed E-state index contributed by atoms with van der Waals surface area (Å²) in [5.74, 6) is 1.36. The topological polar surface area (TPSA) is 66.2 Å². The summed E-state index contributed by atoms with van der Waals surface area (Å²) < 4.78 is 11.6. The summed E-state index contributed by atoms with van der Waals surface area (Å²) in [5.41, 5.74) is 3.90. The van der Waals surface area contributed by atoms with Gasteiger partial charge in [0, 0.05) is 43.7 Å². The number of ether oxygens (including phenoxy) is 1. The number of piperazine rings is 1. The van der Waals surface area contributed by atoms with Crippen LogP contribution in [0.1, 0.15) is 24.1 Å². The van der Waals surface area contributed by atoms with Crippen LogP contribution in [0.25, 0.3) is 22.3 Å². The van der Waals surface area contributed by atoms with Crippen LogP contribution in [-0.4, -0.2) is 60.2 Å². The van der Waals surface area contributed by atoms with Gasteiger partial charge in [0.25, 0.3) is 0 Å². The van der Waals surface area contributed by atoms with E-state index < -0.39 is 0 Å². The number of nitrogens with zero attached hydrogens (tertiary/aromatic N) is 2. The van der Waals surface area contributed by atoms with Gasteiger partial charge < -0.3 is 14.3 Å². The molecule has 1 aromatic heterocycles. The van der Waals surface area contributed by atoms with E-state index in [-0.39, 0.29) is 17.6 Å². The maximum absolute atomic E-state index is 12.9. The van der Waals surface area contributed by atoms with Crippen molar-refractivity contribution in [3.05, 3.63) is 77.9 Å². The summed E-state index contributed by atoms with van der Waals surface area (Å²) in [6.07, 6.45) is 2.02. The van der Waals surface area contributed by atoms with E-state index in [1.807, 2.05) is 30.5 Å². The van der Waals surface area contributed by atoms with Crippen molar-refractivity contribution in [1.82, 2.24) is 9.80 Å². The first kappa shape index (κ1) is 25.4. The van der Waals surface area contributed by atoms with Crippen molar-refractivity contribution >= 4 is 28.5 Å². The Morgan fingerprint density at radius 1 is 1.05 bits per heavy atom. The molecule has 37 heavy (non-hydrogen) atoms. The number of rotatable bonds is 8. The number of fused-ring (bicyclic) bond motifs is 1. The fourth-order valence-electron chi connectivity index (χ4n) is 5.20. The second-order valence-corrected chi connectivity index (χ2v) is 10.2. The van der Waals surface area contributed by atoms with E-state index >= 15 is 0 Å². The summed E-state index contributed by atoms with van der Waals surface area (Å²) in [5, 5.41) is 11.0. The molecule has 0 spiro atoms. The van der Waals surface area contributed by atoms with E-state index in [1.165, 1.54) is 12.7 Å². The number of Topliss-reactive ketones (excluding diaryl/α,β-unsaturated/α-hetero) is 1. The minimum atomic E-state index is -0.287. The van der Waals surface area contributed by atoms with E-state index in [0.29, 0.717) is 5.75 Å². The fraction of sp³-hybridized carbons (Fsp3) is 0.300. The monoisotopic (exact) mass is 516 g/mol.